The van der Waals surface area contributed by atoms with Crippen LogP contribution in [0.5, 0.6) is 5.75 Å². The number of carboxylic acids is 1. The molecule has 4 nitrogen and oxygen atoms in total. The second-order valence-electron chi connectivity index (χ2n) is 5.13. The largest absolute Gasteiger partial charge is 0.489 e. The Morgan fingerprint density at radius 1 is 1.38 bits per heavy atom. The molecule has 1 aromatic carbocycles. The molecule has 0 aliphatic heterocycles. The molecule has 0 spiro atoms. The molecule has 1 aromatic rings. The van der Waals surface area contributed by atoms with Crippen LogP contribution >= 0.6 is 11.8 Å². The zero-order valence-electron chi connectivity index (χ0n) is 12.5. The van der Waals surface area contributed by atoms with Crippen LogP contribution in [0.25, 0.3) is 0 Å². The lowest BCUT2D eigenvalue weighted by Crippen LogP contribution is -2.30. The van der Waals surface area contributed by atoms with Crippen LogP contribution in [0.2, 0.25) is 0 Å². The number of benzene rings is 1. The van der Waals surface area contributed by atoms with E-state index in [2.05, 4.69) is 0 Å². The fourth-order valence-corrected chi connectivity index (χ4v) is 3.52. The van der Waals surface area contributed by atoms with E-state index in [4.69, 9.17) is 9.47 Å². The Morgan fingerprint density at radius 2 is 2.14 bits per heavy atom. The van der Waals surface area contributed by atoms with Crippen LogP contribution < -0.4 is 4.74 Å². The van der Waals surface area contributed by atoms with E-state index >= 15 is 0 Å². The van der Waals surface area contributed by atoms with Crippen LogP contribution in [0.15, 0.2) is 23.1 Å². The van der Waals surface area contributed by atoms with Crippen LogP contribution in [0.4, 0.5) is 0 Å². The van der Waals surface area contributed by atoms with E-state index in [1.54, 1.807) is 13.2 Å². The van der Waals surface area contributed by atoms with Gasteiger partial charge in [-0.1, -0.05) is 13.0 Å². The molecule has 0 heterocycles. The van der Waals surface area contributed by atoms with E-state index in [0.29, 0.717) is 5.75 Å². The Morgan fingerprint density at radius 3 is 2.81 bits per heavy atom. The second kappa shape index (κ2) is 7.71. The van der Waals surface area contributed by atoms with Gasteiger partial charge in [0.05, 0.1) is 6.10 Å². The average molecular weight is 310 g/mol. The molecule has 1 fully saturated rings. The van der Waals surface area contributed by atoms with Gasteiger partial charge in [0.1, 0.15) is 17.4 Å². The molecule has 1 N–H and O–H groups in total. The molecule has 0 aromatic heterocycles. The highest BCUT2D eigenvalue weighted by atomic mass is 32.2. The van der Waals surface area contributed by atoms with Crippen LogP contribution in [-0.2, 0) is 4.74 Å². The maximum absolute atomic E-state index is 11.6. The summed E-state index contributed by atoms with van der Waals surface area (Å²) in [6.07, 6.45) is 4.11. The molecule has 0 amide bonds. The van der Waals surface area contributed by atoms with Gasteiger partial charge in [-0.2, -0.15) is 0 Å². The van der Waals surface area contributed by atoms with Gasteiger partial charge in [-0.25, -0.2) is 4.79 Å². The van der Waals surface area contributed by atoms with Crippen LogP contribution in [0, 0.1) is 0 Å². The van der Waals surface area contributed by atoms with Crippen molar-refractivity contribution in [3.63, 3.8) is 0 Å². The molecule has 1 aliphatic carbocycles. The van der Waals surface area contributed by atoms with E-state index in [0.717, 1.165) is 36.3 Å². The van der Waals surface area contributed by atoms with Gasteiger partial charge < -0.3 is 14.6 Å². The maximum Gasteiger partial charge on any atom is 0.340 e. The maximum atomic E-state index is 11.6. The molecule has 5 heteroatoms. The van der Waals surface area contributed by atoms with Crippen molar-refractivity contribution < 1.29 is 19.4 Å². The van der Waals surface area contributed by atoms with Gasteiger partial charge in [-0.15, -0.1) is 11.8 Å². The Labute approximate surface area is 129 Å². The minimum absolute atomic E-state index is 0.0312. The Balaban J connectivity index is 2.19. The first-order valence-electron chi connectivity index (χ1n) is 7.34. The van der Waals surface area contributed by atoms with Gasteiger partial charge >= 0.3 is 5.97 Å². The van der Waals surface area contributed by atoms with Crippen molar-refractivity contribution >= 4 is 17.7 Å². The second-order valence-corrected chi connectivity index (χ2v) is 6.44. The van der Waals surface area contributed by atoms with Gasteiger partial charge in [-0.05, 0) is 37.1 Å². The summed E-state index contributed by atoms with van der Waals surface area (Å²) in [5, 5.41) is 9.48. The summed E-state index contributed by atoms with van der Waals surface area (Å²) in [7, 11) is 1.72. The number of carbonyl (C=O) groups is 1. The lowest BCUT2D eigenvalue weighted by molar-refractivity contribution is 0.0203. The smallest absolute Gasteiger partial charge is 0.340 e. The Bertz CT molecular complexity index is 489. The number of thioether (sulfide) groups is 1. The molecule has 0 saturated heterocycles. The van der Waals surface area contributed by atoms with E-state index in [-0.39, 0.29) is 17.8 Å². The van der Waals surface area contributed by atoms with E-state index in [1.165, 1.54) is 11.8 Å². The fourth-order valence-electron chi connectivity index (χ4n) is 2.70. The monoisotopic (exact) mass is 310 g/mol. The molecular formula is C16H22O4S. The number of hydrogen-bond acceptors (Lipinski definition) is 4. The standard InChI is InChI=1S/C16H22O4S/c1-3-21-14-9-5-8-13(15(14)16(17)18)20-12-7-4-6-11(10-12)19-2/h5,8-9,11-12H,3-4,6-7,10H2,1-2H3,(H,17,18). The van der Waals surface area contributed by atoms with E-state index < -0.39 is 5.97 Å². The molecule has 0 bridgehead atoms. The number of hydrogen-bond donors (Lipinski definition) is 1. The van der Waals surface area contributed by atoms with Crippen molar-refractivity contribution in [3.8, 4) is 5.75 Å². The van der Waals surface area contributed by atoms with Gasteiger partial charge in [0.25, 0.3) is 0 Å². The SMILES string of the molecule is CCSc1cccc(OC2CCCC(OC)C2)c1C(=O)O. The average Bonchev–Trinajstić information content (AvgIpc) is 2.47. The third-order valence-corrected chi connectivity index (χ3v) is 4.65. The first kappa shape index (κ1) is 16.2. The minimum Gasteiger partial charge on any atom is -0.489 e. The van der Waals surface area contributed by atoms with Crippen molar-refractivity contribution in [2.75, 3.05) is 12.9 Å². The fraction of sp³-hybridized carbons (Fsp3) is 0.562. The van der Waals surface area contributed by atoms with Crippen molar-refractivity contribution in [1.29, 1.82) is 0 Å². The lowest BCUT2D eigenvalue weighted by atomic mass is 9.95. The van der Waals surface area contributed by atoms with Gasteiger partial charge in [0.15, 0.2) is 0 Å². The third kappa shape index (κ3) is 4.14. The Kier molecular flexibility index (Phi) is 5.94. The number of aromatic carboxylic acids is 1. The molecule has 1 aliphatic rings. The van der Waals surface area contributed by atoms with Crippen molar-refractivity contribution in [2.24, 2.45) is 0 Å². The van der Waals surface area contributed by atoms with Crippen molar-refractivity contribution in [1.82, 2.24) is 0 Å². The summed E-state index contributed by atoms with van der Waals surface area (Å²) in [6, 6.07) is 5.44. The number of methoxy groups -OCH3 is 1. The highest BCUT2D eigenvalue weighted by Gasteiger charge is 2.25. The molecule has 0 radical (unpaired) electrons. The molecule has 2 atom stereocenters. The highest BCUT2D eigenvalue weighted by Crippen LogP contribution is 2.33. The van der Waals surface area contributed by atoms with Crippen molar-refractivity contribution in [2.45, 2.75) is 49.7 Å². The van der Waals surface area contributed by atoms with E-state index in [1.807, 2.05) is 19.1 Å². The number of ether oxygens (including phenoxy) is 2. The summed E-state index contributed by atoms with van der Waals surface area (Å²) >= 11 is 1.53. The summed E-state index contributed by atoms with van der Waals surface area (Å²) in [5.41, 5.74) is 0.281. The first-order valence-corrected chi connectivity index (χ1v) is 8.32. The van der Waals surface area contributed by atoms with Gasteiger partial charge in [-0.3, -0.25) is 0 Å². The summed E-state index contributed by atoms with van der Waals surface area (Å²) in [4.78, 5) is 12.3. The van der Waals surface area contributed by atoms with E-state index in [9.17, 15) is 9.90 Å². The van der Waals surface area contributed by atoms with Gasteiger partial charge in [0.2, 0.25) is 0 Å². The topological polar surface area (TPSA) is 55.8 Å². The zero-order valence-corrected chi connectivity index (χ0v) is 13.3. The molecule has 21 heavy (non-hydrogen) atoms. The van der Waals surface area contributed by atoms with Crippen LogP contribution in [0.1, 0.15) is 43.0 Å². The molecule has 116 valence electrons. The van der Waals surface area contributed by atoms with Crippen molar-refractivity contribution in [3.05, 3.63) is 23.8 Å². The van der Waals surface area contributed by atoms with Crippen LogP contribution in [0.3, 0.4) is 0 Å². The summed E-state index contributed by atoms with van der Waals surface area (Å²) in [5.74, 6) is 0.377. The van der Waals surface area contributed by atoms with Gasteiger partial charge in [0, 0.05) is 18.4 Å². The predicted molar refractivity (Wildman–Crippen MR) is 83.5 cm³/mol. The summed E-state index contributed by atoms with van der Waals surface area (Å²) < 4.78 is 11.4. The molecule has 2 rings (SSSR count). The number of carboxylic acid groups (broad SMARTS) is 1. The zero-order chi connectivity index (χ0) is 15.2. The number of rotatable bonds is 6. The first-order chi connectivity index (χ1) is 10.2. The minimum atomic E-state index is -0.930. The third-order valence-electron chi connectivity index (χ3n) is 3.71. The molecular weight excluding hydrogens is 288 g/mol. The predicted octanol–water partition coefficient (Wildman–Crippen LogP) is 3.83. The summed E-state index contributed by atoms with van der Waals surface area (Å²) in [6.45, 7) is 2.01. The Hall–Kier alpha value is -1.20. The quantitative estimate of drug-likeness (QED) is 0.809. The normalized spacial score (nSPS) is 22.0. The highest BCUT2D eigenvalue weighted by molar-refractivity contribution is 7.99. The molecule has 2 unspecified atom stereocenters. The lowest BCUT2D eigenvalue weighted by Gasteiger charge is -2.29. The van der Waals surface area contributed by atoms with Crippen LogP contribution in [-0.4, -0.2) is 36.1 Å². The molecule has 1 saturated carbocycles.